The van der Waals surface area contributed by atoms with E-state index >= 15 is 0 Å². The van der Waals surface area contributed by atoms with Gasteiger partial charge in [0.05, 0.1) is 28.2 Å². The Morgan fingerprint density at radius 2 is 1.97 bits per heavy atom. The zero-order valence-corrected chi connectivity index (χ0v) is 21.6. The molecule has 184 valence electrons. The van der Waals surface area contributed by atoms with E-state index in [-0.39, 0.29) is 23.1 Å². The first-order valence-corrected chi connectivity index (χ1v) is 12.9. The summed E-state index contributed by atoms with van der Waals surface area (Å²) in [6.45, 7) is 6.56. The molecule has 5 rings (SSSR count). The number of hydrogen-bond acceptors (Lipinski definition) is 4. The molecule has 2 aromatic carbocycles. The highest BCUT2D eigenvalue weighted by Crippen LogP contribution is 2.39. The SMILES string of the molecule is CC(C)(C)N1Cc2cccc(N(Cc3cc(F)c4ccc(Cl)nc4c3)C(=O)c3cccnc3)c2S1=O. The van der Waals surface area contributed by atoms with Crippen LogP contribution in [0.4, 0.5) is 10.1 Å². The summed E-state index contributed by atoms with van der Waals surface area (Å²) < 4.78 is 30.5. The van der Waals surface area contributed by atoms with Crippen molar-refractivity contribution in [1.82, 2.24) is 14.3 Å². The lowest BCUT2D eigenvalue weighted by Gasteiger charge is -2.30. The van der Waals surface area contributed by atoms with E-state index < -0.39 is 16.8 Å². The van der Waals surface area contributed by atoms with Crippen molar-refractivity contribution in [2.24, 2.45) is 0 Å². The summed E-state index contributed by atoms with van der Waals surface area (Å²) in [4.78, 5) is 24.2. The lowest BCUT2D eigenvalue weighted by Crippen LogP contribution is -2.39. The number of benzene rings is 2. The average Bonchev–Trinajstić information content (AvgIpc) is 3.20. The summed E-state index contributed by atoms with van der Waals surface area (Å²) in [7, 11) is -1.48. The Morgan fingerprint density at radius 1 is 1.17 bits per heavy atom. The number of aromatic nitrogens is 2. The highest BCUT2D eigenvalue weighted by molar-refractivity contribution is 7.83. The smallest absolute Gasteiger partial charge is 0.260 e. The Morgan fingerprint density at radius 3 is 2.69 bits per heavy atom. The Bertz CT molecular complexity index is 1510. The van der Waals surface area contributed by atoms with E-state index in [1.165, 1.54) is 23.2 Å². The molecule has 36 heavy (non-hydrogen) atoms. The van der Waals surface area contributed by atoms with E-state index in [0.717, 1.165) is 5.56 Å². The van der Waals surface area contributed by atoms with Crippen molar-refractivity contribution in [3.05, 3.63) is 94.7 Å². The third kappa shape index (κ3) is 4.52. The molecular formula is C27H24ClFN4O2S. The van der Waals surface area contributed by atoms with Crippen LogP contribution < -0.4 is 4.90 Å². The zero-order valence-electron chi connectivity index (χ0n) is 20.0. The topological polar surface area (TPSA) is 66.4 Å². The molecule has 0 saturated heterocycles. The van der Waals surface area contributed by atoms with Gasteiger partial charge in [0.15, 0.2) is 0 Å². The monoisotopic (exact) mass is 522 g/mol. The van der Waals surface area contributed by atoms with Gasteiger partial charge >= 0.3 is 0 Å². The fourth-order valence-electron chi connectivity index (χ4n) is 4.32. The molecule has 1 amide bonds. The second-order valence-corrected chi connectivity index (χ2v) is 11.4. The maximum absolute atomic E-state index is 15.0. The summed E-state index contributed by atoms with van der Waals surface area (Å²) in [5.41, 5.74) is 2.36. The van der Waals surface area contributed by atoms with E-state index in [0.29, 0.717) is 39.2 Å². The average molecular weight is 523 g/mol. The third-order valence-electron chi connectivity index (χ3n) is 6.08. The molecule has 1 atom stereocenters. The van der Waals surface area contributed by atoms with Crippen molar-refractivity contribution in [1.29, 1.82) is 0 Å². The normalized spacial score (nSPS) is 15.8. The molecule has 0 saturated carbocycles. The number of amides is 1. The molecule has 0 fully saturated rings. The highest BCUT2D eigenvalue weighted by atomic mass is 35.5. The quantitative estimate of drug-likeness (QED) is 0.313. The summed E-state index contributed by atoms with van der Waals surface area (Å²) in [6, 6.07) is 15.1. The van der Waals surface area contributed by atoms with Crippen molar-refractivity contribution in [3.8, 4) is 0 Å². The van der Waals surface area contributed by atoms with Crippen LogP contribution in [0.1, 0.15) is 42.3 Å². The van der Waals surface area contributed by atoms with Crippen LogP contribution >= 0.6 is 11.6 Å². The molecule has 0 bridgehead atoms. The Balaban J connectivity index is 1.63. The van der Waals surface area contributed by atoms with Crippen molar-refractivity contribution < 1.29 is 13.4 Å². The van der Waals surface area contributed by atoms with Crippen LogP contribution in [0.5, 0.6) is 0 Å². The van der Waals surface area contributed by atoms with E-state index in [1.54, 1.807) is 36.5 Å². The molecule has 2 aromatic heterocycles. The van der Waals surface area contributed by atoms with Gasteiger partial charge in [-0.25, -0.2) is 17.9 Å². The van der Waals surface area contributed by atoms with Crippen LogP contribution in [0, 0.1) is 5.82 Å². The summed E-state index contributed by atoms with van der Waals surface area (Å²) in [5, 5.41) is 0.594. The lowest BCUT2D eigenvalue weighted by atomic mass is 10.1. The molecule has 1 aliphatic rings. The number of hydrogen-bond donors (Lipinski definition) is 0. The van der Waals surface area contributed by atoms with Gasteiger partial charge in [0.1, 0.15) is 22.0 Å². The number of halogens is 2. The number of carbonyl (C=O) groups is 1. The molecule has 1 unspecified atom stereocenters. The van der Waals surface area contributed by atoms with Crippen LogP contribution in [0.3, 0.4) is 0 Å². The first-order chi connectivity index (χ1) is 17.1. The van der Waals surface area contributed by atoms with Crippen LogP contribution in [-0.4, -0.2) is 29.9 Å². The molecular weight excluding hydrogens is 499 g/mol. The number of carbonyl (C=O) groups excluding carboxylic acids is 1. The van der Waals surface area contributed by atoms with Crippen molar-refractivity contribution in [2.75, 3.05) is 4.90 Å². The van der Waals surface area contributed by atoms with Gasteiger partial charge in [-0.2, -0.15) is 0 Å². The van der Waals surface area contributed by atoms with Crippen molar-refractivity contribution in [3.63, 3.8) is 0 Å². The minimum Gasteiger partial charge on any atom is -0.303 e. The largest absolute Gasteiger partial charge is 0.303 e. The molecule has 0 N–H and O–H groups in total. The summed E-state index contributed by atoms with van der Waals surface area (Å²) in [5.74, 6) is -0.788. The van der Waals surface area contributed by atoms with Crippen molar-refractivity contribution in [2.45, 2.75) is 44.3 Å². The first kappa shape index (κ1) is 24.5. The highest BCUT2D eigenvalue weighted by Gasteiger charge is 2.38. The lowest BCUT2D eigenvalue weighted by molar-refractivity contribution is 0.0984. The predicted octanol–water partition coefficient (Wildman–Crippen LogP) is 5.91. The summed E-state index contributed by atoms with van der Waals surface area (Å²) in [6.07, 6.45) is 3.07. The van der Waals surface area contributed by atoms with E-state index in [4.69, 9.17) is 11.6 Å². The molecule has 0 radical (unpaired) electrons. The van der Waals surface area contributed by atoms with Gasteiger partial charge in [-0.15, -0.1) is 0 Å². The second kappa shape index (κ2) is 9.35. The fourth-order valence-corrected chi connectivity index (χ4v) is 6.17. The Kier molecular flexibility index (Phi) is 6.36. The fraction of sp³-hybridized carbons (Fsp3) is 0.222. The molecule has 3 heterocycles. The Labute approximate surface area is 216 Å². The van der Waals surface area contributed by atoms with Gasteiger partial charge in [-0.1, -0.05) is 23.7 Å². The van der Waals surface area contributed by atoms with Crippen molar-refractivity contribution >= 4 is 45.1 Å². The number of nitrogens with zero attached hydrogens (tertiary/aromatic N) is 4. The minimum atomic E-state index is -1.48. The number of pyridine rings is 2. The number of fused-ring (bicyclic) bond motifs is 2. The van der Waals surface area contributed by atoms with E-state index in [2.05, 4.69) is 9.97 Å². The molecule has 0 spiro atoms. The number of anilines is 1. The molecule has 1 aliphatic heterocycles. The molecule has 6 nitrogen and oxygen atoms in total. The third-order valence-corrected chi connectivity index (χ3v) is 8.19. The minimum absolute atomic E-state index is 0.0396. The van der Waals surface area contributed by atoms with Gasteiger partial charge in [0.2, 0.25) is 0 Å². The van der Waals surface area contributed by atoms with Gasteiger partial charge in [0, 0.05) is 29.9 Å². The van der Waals surface area contributed by atoms with Crippen LogP contribution in [0.25, 0.3) is 10.9 Å². The second-order valence-electron chi connectivity index (χ2n) is 9.63. The maximum Gasteiger partial charge on any atom is 0.260 e. The van der Waals surface area contributed by atoms with Crippen LogP contribution in [-0.2, 0) is 24.1 Å². The molecule has 4 aromatic rings. The van der Waals surface area contributed by atoms with Crippen LogP contribution in [0.2, 0.25) is 5.15 Å². The van der Waals surface area contributed by atoms with E-state index in [1.807, 2.05) is 37.2 Å². The van der Waals surface area contributed by atoms with E-state index in [9.17, 15) is 13.4 Å². The van der Waals surface area contributed by atoms with Gasteiger partial charge < -0.3 is 4.90 Å². The van der Waals surface area contributed by atoms with Gasteiger partial charge in [0.25, 0.3) is 5.91 Å². The molecule has 0 aliphatic carbocycles. The van der Waals surface area contributed by atoms with Gasteiger partial charge in [-0.05, 0) is 74.4 Å². The zero-order chi connectivity index (χ0) is 25.6. The maximum atomic E-state index is 15.0. The Hall–Kier alpha value is -3.20. The molecule has 9 heteroatoms. The van der Waals surface area contributed by atoms with Crippen LogP contribution in [0.15, 0.2) is 71.9 Å². The standard InChI is InChI=1S/C27H24ClFN4O2S/c1-27(2,3)33-16-19-6-4-8-23(25(19)36(33)35)32(26(34)18-7-5-11-30-14-18)15-17-12-21(29)20-9-10-24(28)31-22(20)13-17/h4-14H,15-16H2,1-3H3. The summed E-state index contributed by atoms with van der Waals surface area (Å²) >= 11 is 6.04. The first-order valence-electron chi connectivity index (χ1n) is 11.4. The number of rotatable bonds is 4. The predicted molar refractivity (Wildman–Crippen MR) is 140 cm³/mol. The van der Waals surface area contributed by atoms with Gasteiger partial charge in [-0.3, -0.25) is 9.78 Å².